The van der Waals surface area contributed by atoms with Gasteiger partial charge in [0.2, 0.25) is 11.8 Å². The van der Waals surface area contributed by atoms with E-state index >= 15 is 0 Å². The fourth-order valence-electron chi connectivity index (χ4n) is 1.60. The van der Waals surface area contributed by atoms with Crippen molar-refractivity contribution in [1.82, 2.24) is 9.97 Å². The number of thiophene rings is 1. The summed E-state index contributed by atoms with van der Waals surface area (Å²) in [6.07, 6.45) is 1.97. The molecule has 0 fully saturated rings. The first-order chi connectivity index (χ1) is 8.69. The van der Waals surface area contributed by atoms with Crippen LogP contribution in [0, 0.1) is 5.82 Å². The number of nitrogens with zero attached hydrogens (tertiary/aromatic N) is 2. The number of methoxy groups -OCH3 is 1. The second-order valence-electron chi connectivity index (χ2n) is 3.93. The zero-order valence-electron chi connectivity index (χ0n) is 10.2. The third kappa shape index (κ3) is 3.16. The van der Waals surface area contributed by atoms with E-state index in [0.717, 1.165) is 12.6 Å². The number of ether oxygens (including phenoxy) is 1. The third-order valence-corrected chi connectivity index (χ3v) is 3.13. The Morgan fingerprint density at radius 2 is 2.39 bits per heavy atom. The van der Waals surface area contributed by atoms with E-state index in [2.05, 4.69) is 26.7 Å². The Hall–Kier alpha value is -1.69. The Balaban J connectivity index is 2.00. The van der Waals surface area contributed by atoms with Crippen LogP contribution in [0.4, 0.5) is 10.3 Å². The van der Waals surface area contributed by atoms with Gasteiger partial charge in [-0.1, -0.05) is 0 Å². The first-order valence-electron chi connectivity index (χ1n) is 5.53. The van der Waals surface area contributed by atoms with E-state index in [1.165, 1.54) is 12.7 Å². The van der Waals surface area contributed by atoms with Crippen LogP contribution in [0.2, 0.25) is 0 Å². The second-order valence-corrected chi connectivity index (χ2v) is 4.71. The van der Waals surface area contributed by atoms with E-state index in [-0.39, 0.29) is 11.9 Å². The van der Waals surface area contributed by atoms with Crippen LogP contribution in [-0.2, 0) is 6.42 Å². The van der Waals surface area contributed by atoms with Crippen LogP contribution in [0.25, 0.3) is 0 Å². The highest BCUT2D eigenvalue weighted by Gasteiger charge is 2.09. The lowest BCUT2D eigenvalue weighted by Crippen LogP contribution is -2.19. The molecule has 0 radical (unpaired) electrons. The summed E-state index contributed by atoms with van der Waals surface area (Å²) in [6.45, 7) is 2.02. The minimum absolute atomic E-state index is 0.0461. The van der Waals surface area contributed by atoms with Gasteiger partial charge in [0.1, 0.15) is 0 Å². The summed E-state index contributed by atoms with van der Waals surface area (Å²) in [6, 6.07) is 2.24. The van der Waals surface area contributed by atoms with Crippen molar-refractivity contribution >= 4 is 17.3 Å². The maximum absolute atomic E-state index is 13.1. The summed E-state index contributed by atoms with van der Waals surface area (Å²) in [5.74, 6) is -0.236. The predicted molar refractivity (Wildman–Crippen MR) is 69.6 cm³/mol. The molecule has 1 unspecified atom stereocenters. The van der Waals surface area contributed by atoms with Crippen LogP contribution in [0.1, 0.15) is 12.5 Å². The number of hydrogen-bond acceptors (Lipinski definition) is 5. The number of hydrogen-bond donors (Lipinski definition) is 1. The number of halogens is 1. The molecule has 0 aliphatic heterocycles. The molecule has 1 atom stereocenters. The summed E-state index contributed by atoms with van der Waals surface area (Å²) >= 11 is 1.67. The Kier molecular flexibility index (Phi) is 4.09. The van der Waals surface area contributed by atoms with Crippen molar-refractivity contribution in [2.75, 3.05) is 12.4 Å². The largest absolute Gasteiger partial charge is 0.479 e. The van der Waals surface area contributed by atoms with Gasteiger partial charge in [0.15, 0.2) is 0 Å². The molecule has 0 amide bonds. The lowest BCUT2D eigenvalue weighted by molar-refractivity contribution is 0.367. The summed E-state index contributed by atoms with van der Waals surface area (Å²) in [4.78, 5) is 7.82. The van der Waals surface area contributed by atoms with Crippen molar-refractivity contribution in [3.8, 4) is 5.88 Å². The van der Waals surface area contributed by atoms with Gasteiger partial charge < -0.3 is 10.1 Å². The molecule has 0 saturated carbocycles. The second kappa shape index (κ2) is 5.77. The van der Waals surface area contributed by atoms with Crippen LogP contribution < -0.4 is 10.1 Å². The Morgan fingerprint density at radius 3 is 3.06 bits per heavy atom. The molecule has 2 rings (SSSR count). The minimum atomic E-state index is -0.562. The van der Waals surface area contributed by atoms with E-state index in [0.29, 0.717) is 5.95 Å². The summed E-state index contributed by atoms with van der Waals surface area (Å²) in [5, 5.41) is 7.26. The molecule has 6 heteroatoms. The molecule has 0 saturated heterocycles. The zero-order valence-corrected chi connectivity index (χ0v) is 11.0. The maximum Gasteiger partial charge on any atom is 0.255 e. The minimum Gasteiger partial charge on any atom is -0.479 e. The van der Waals surface area contributed by atoms with Gasteiger partial charge >= 0.3 is 0 Å². The fourth-order valence-corrected chi connectivity index (χ4v) is 2.28. The molecular weight excluding hydrogens is 253 g/mol. The van der Waals surface area contributed by atoms with Gasteiger partial charge in [0.05, 0.1) is 13.3 Å². The number of anilines is 1. The number of nitrogens with one attached hydrogen (secondary N) is 1. The highest BCUT2D eigenvalue weighted by molar-refractivity contribution is 7.07. The summed E-state index contributed by atoms with van der Waals surface area (Å²) in [5.41, 5.74) is 1.26. The lowest BCUT2D eigenvalue weighted by Gasteiger charge is -2.13. The molecule has 18 heavy (non-hydrogen) atoms. The monoisotopic (exact) mass is 267 g/mol. The molecule has 1 N–H and O–H groups in total. The fraction of sp³-hybridized carbons (Fsp3) is 0.333. The van der Waals surface area contributed by atoms with Crippen molar-refractivity contribution in [3.63, 3.8) is 0 Å². The van der Waals surface area contributed by atoms with Crippen molar-refractivity contribution in [1.29, 1.82) is 0 Å². The molecule has 2 heterocycles. The van der Waals surface area contributed by atoms with Crippen LogP contribution in [0.5, 0.6) is 5.88 Å². The number of rotatable bonds is 5. The van der Waals surface area contributed by atoms with Gasteiger partial charge in [0.25, 0.3) is 5.88 Å². The van der Waals surface area contributed by atoms with Gasteiger partial charge in [-0.2, -0.15) is 20.7 Å². The summed E-state index contributed by atoms with van der Waals surface area (Å²) in [7, 11) is 1.38. The highest BCUT2D eigenvalue weighted by atomic mass is 32.1. The van der Waals surface area contributed by atoms with Gasteiger partial charge in [-0.3, -0.25) is 0 Å². The maximum atomic E-state index is 13.1. The molecule has 0 aliphatic rings. The Bertz CT molecular complexity index is 504. The van der Waals surface area contributed by atoms with Gasteiger partial charge in [-0.15, -0.1) is 0 Å². The SMILES string of the molecule is COc1nc(NC(C)Cc2ccsc2)ncc1F. The van der Waals surface area contributed by atoms with Crippen molar-refractivity contribution in [2.45, 2.75) is 19.4 Å². The van der Waals surface area contributed by atoms with Crippen molar-refractivity contribution < 1.29 is 9.13 Å². The number of aromatic nitrogens is 2. The Morgan fingerprint density at radius 1 is 1.56 bits per heavy atom. The average molecular weight is 267 g/mol. The first kappa shape index (κ1) is 12.8. The van der Waals surface area contributed by atoms with Crippen molar-refractivity contribution in [3.05, 3.63) is 34.4 Å². The molecule has 2 aromatic rings. The standard InChI is InChI=1S/C12H14FN3OS/c1-8(5-9-3-4-18-7-9)15-12-14-6-10(13)11(16-12)17-2/h3-4,6-8H,5H2,1-2H3,(H,14,15,16). The van der Waals surface area contributed by atoms with Crippen LogP contribution in [0.3, 0.4) is 0 Å². The molecule has 0 bridgehead atoms. The third-order valence-electron chi connectivity index (χ3n) is 2.40. The summed E-state index contributed by atoms with van der Waals surface area (Å²) < 4.78 is 17.9. The Labute approximate surface area is 109 Å². The van der Waals surface area contributed by atoms with Gasteiger partial charge in [-0.25, -0.2) is 4.98 Å². The molecule has 96 valence electrons. The quantitative estimate of drug-likeness (QED) is 0.905. The van der Waals surface area contributed by atoms with Crippen LogP contribution in [0.15, 0.2) is 23.0 Å². The average Bonchev–Trinajstić information content (AvgIpc) is 2.84. The van der Waals surface area contributed by atoms with E-state index in [1.54, 1.807) is 11.3 Å². The smallest absolute Gasteiger partial charge is 0.255 e. The molecule has 0 spiro atoms. The van der Waals surface area contributed by atoms with E-state index in [4.69, 9.17) is 4.74 Å². The van der Waals surface area contributed by atoms with E-state index < -0.39 is 5.82 Å². The predicted octanol–water partition coefficient (Wildman–Crippen LogP) is 2.73. The molecule has 4 nitrogen and oxygen atoms in total. The molecule has 0 aromatic carbocycles. The lowest BCUT2D eigenvalue weighted by atomic mass is 10.1. The van der Waals surface area contributed by atoms with Gasteiger partial charge in [0, 0.05) is 6.04 Å². The van der Waals surface area contributed by atoms with E-state index in [1.807, 2.05) is 12.3 Å². The first-order valence-corrected chi connectivity index (χ1v) is 6.47. The molecular formula is C12H14FN3OS. The van der Waals surface area contributed by atoms with Crippen LogP contribution in [-0.4, -0.2) is 23.1 Å². The molecule has 0 aliphatic carbocycles. The van der Waals surface area contributed by atoms with E-state index in [9.17, 15) is 4.39 Å². The normalized spacial score (nSPS) is 12.2. The highest BCUT2D eigenvalue weighted by Crippen LogP contribution is 2.15. The molecule has 2 aromatic heterocycles. The van der Waals surface area contributed by atoms with Crippen LogP contribution >= 0.6 is 11.3 Å². The van der Waals surface area contributed by atoms with Crippen molar-refractivity contribution in [2.24, 2.45) is 0 Å². The zero-order chi connectivity index (χ0) is 13.0. The topological polar surface area (TPSA) is 47.0 Å². The van der Waals surface area contributed by atoms with Gasteiger partial charge in [-0.05, 0) is 35.7 Å².